The van der Waals surface area contributed by atoms with Crippen molar-refractivity contribution in [3.63, 3.8) is 0 Å². The molecule has 0 aliphatic carbocycles. The summed E-state index contributed by atoms with van der Waals surface area (Å²) in [5.74, 6) is 0.455. The van der Waals surface area contributed by atoms with Crippen LogP contribution >= 0.6 is 11.3 Å². The van der Waals surface area contributed by atoms with E-state index in [0.717, 1.165) is 35.4 Å². The quantitative estimate of drug-likeness (QED) is 0.296. The van der Waals surface area contributed by atoms with Gasteiger partial charge in [0.2, 0.25) is 0 Å². The number of nitrogens with zero attached hydrogens (tertiary/aromatic N) is 2. The van der Waals surface area contributed by atoms with Crippen LogP contribution in [0.5, 0.6) is 0 Å². The van der Waals surface area contributed by atoms with Crippen LogP contribution in [0, 0.1) is 0 Å². The van der Waals surface area contributed by atoms with Crippen LogP contribution in [0.2, 0.25) is 0 Å². The molecule has 0 radical (unpaired) electrons. The summed E-state index contributed by atoms with van der Waals surface area (Å²) in [5, 5.41) is 5.08. The Bertz CT molecular complexity index is 1020. The Balaban J connectivity index is 1.18. The van der Waals surface area contributed by atoms with Crippen LogP contribution in [0.4, 0.5) is 0 Å². The number of thiazole rings is 1. The van der Waals surface area contributed by atoms with Crippen LogP contribution in [0.25, 0.3) is 21.5 Å². The average molecular weight is 392 g/mol. The van der Waals surface area contributed by atoms with Crippen LogP contribution in [-0.4, -0.2) is 16.1 Å². The molecule has 0 unspecified atom stereocenters. The number of carbonyl (C=O) groups is 1. The fraction of sp³-hybridized carbons (Fsp3) is 0.227. The predicted molar refractivity (Wildman–Crippen MR) is 109 cm³/mol. The molecule has 2 heterocycles. The highest BCUT2D eigenvalue weighted by molar-refractivity contribution is 7.18. The van der Waals surface area contributed by atoms with Crippen molar-refractivity contribution in [2.24, 2.45) is 0 Å². The second-order valence-corrected chi connectivity index (χ2v) is 7.61. The first-order valence-electron chi connectivity index (χ1n) is 9.29. The highest BCUT2D eigenvalue weighted by atomic mass is 32.1. The van der Waals surface area contributed by atoms with Crippen molar-refractivity contribution in [3.8, 4) is 11.3 Å². The minimum Gasteiger partial charge on any atom is -0.459 e. The number of benzene rings is 2. The van der Waals surface area contributed by atoms with E-state index in [4.69, 9.17) is 9.26 Å². The summed E-state index contributed by atoms with van der Waals surface area (Å²) >= 11 is 1.72. The van der Waals surface area contributed by atoms with Gasteiger partial charge >= 0.3 is 5.97 Å². The molecule has 0 spiro atoms. The minimum atomic E-state index is -0.214. The Kier molecular flexibility index (Phi) is 5.77. The molecule has 4 aromatic rings. The van der Waals surface area contributed by atoms with Gasteiger partial charge in [-0.3, -0.25) is 4.79 Å². The number of esters is 1. The van der Waals surface area contributed by atoms with Crippen LogP contribution in [0.3, 0.4) is 0 Å². The van der Waals surface area contributed by atoms with Crippen molar-refractivity contribution < 1.29 is 14.1 Å². The zero-order chi connectivity index (χ0) is 19.2. The molecule has 0 atom stereocenters. The Labute approximate surface area is 167 Å². The van der Waals surface area contributed by atoms with Crippen molar-refractivity contribution in [2.45, 2.75) is 32.3 Å². The molecule has 2 aromatic heterocycles. The van der Waals surface area contributed by atoms with Crippen molar-refractivity contribution >= 4 is 27.5 Å². The summed E-state index contributed by atoms with van der Waals surface area (Å²) in [6.07, 6.45) is 2.98. The molecular formula is C22H20N2O3S. The third-order valence-corrected chi connectivity index (χ3v) is 5.45. The molecular weight excluding hydrogens is 372 g/mol. The van der Waals surface area contributed by atoms with Crippen molar-refractivity contribution in [3.05, 3.63) is 71.4 Å². The molecule has 0 saturated carbocycles. The number of aryl methyl sites for hydroxylation is 1. The first-order chi connectivity index (χ1) is 13.8. The van der Waals surface area contributed by atoms with Crippen molar-refractivity contribution in [2.75, 3.05) is 0 Å². The predicted octanol–water partition coefficient (Wildman–Crippen LogP) is 5.41. The number of hydrogen-bond donors (Lipinski definition) is 0. The van der Waals surface area contributed by atoms with E-state index in [9.17, 15) is 4.79 Å². The van der Waals surface area contributed by atoms with Gasteiger partial charge in [0.25, 0.3) is 0 Å². The summed E-state index contributed by atoms with van der Waals surface area (Å²) < 4.78 is 11.8. The zero-order valence-electron chi connectivity index (χ0n) is 15.3. The summed E-state index contributed by atoms with van der Waals surface area (Å²) in [6, 6.07) is 19.6. The van der Waals surface area contributed by atoms with Gasteiger partial charge in [-0.1, -0.05) is 47.6 Å². The molecule has 6 heteroatoms. The van der Waals surface area contributed by atoms with Gasteiger partial charge in [0, 0.05) is 18.1 Å². The lowest BCUT2D eigenvalue weighted by Crippen LogP contribution is -2.04. The summed E-state index contributed by atoms with van der Waals surface area (Å²) in [4.78, 5) is 16.6. The highest BCUT2D eigenvalue weighted by Gasteiger charge is 2.10. The number of unbranched alkanes of at least 4 members (excludes halogenated alkanes) is 1. The third-order valence-electron chi connectivity index (χ3n) is 4.36. The lowest BCUT2D eigenvalue weighted by Gasteiger charge is -2.02. The number of fused-ring (bicyclic) bond motifs is 1. The number of para-hydroxylation sites is 1. The molecule has 28 heavy (non-hydrogen) atoms. The Morgan fingerprint density at radius 2 is 1.86 bits per heavy atom. The number of hydrogen-bond acceptors (Lipinski definition) is 6. The van der Waals surface area contributed by atoms with Gasteiger partial charge in [-0.2, -0.15) is 0 Å². The SMILES string of the molecule is O=C(CCCCc1nc2ccccc2s1)OCc1cc(-c2ccccc2)on1. The van der Waals surface area contributed by atoms with Crippen LogP contribution in [0.15, 0.2) is 65.2 Å². The van der Waals surface area contributed by atoms with Gasteiger partial charge in [0.05, 0.1) is 15.2 Å². The van der Waals surface area contributed by atoms with E-state index in [0.29, 0.717) is 17.9 Å². The molecule has 0 amide bonds. The maximum atomic E-state index is 12.0. The second-order valence-electron chi connectivity index (χ2n) is 6.49. The molecule has 0 N–H and O–H groups in total. The van der Waals surface area contributed by atoms with Gasteiger partial charge in [-0.05, 0) is 31.4 Å². The van der Waals surface area contributed by atoms with Crippen molar-refractivity contribution in [1.82, 2.24) is 10.1 Å². The molecule has 0 saturated heterocycles. The first-order valence-corrected chi connectivity index (χ1v) is 10.1. The van der Waals surface area contributed by atoms with Gasteiger partial charge < -0.3 is 9.26 Å². The maximum absolute atomic E-state index is 12.0. The van der Waals surface area contributed by atoms with E-state index in [1.54, 1.807) is 17.4 Å². The van der Waals surface area contributed by atoms with Gasteiger partial charge in [-0.15, -0.1) is 11.3 Å². The molecule has 142 valence electrons. The first kappa shape index (κ1) is 18.4. The fourth-order valence-corrected chi connectivity index (χ4v) is 3.93. The Hall–Kier alpha value is -2.99. The lowest BCUT2D eigenvalue weighted by atomic mass is 10.2. The highest BCUT2D eigenvalue weighted by Crippen LogP contribution is 2.23. The molecule has 5 nitrogen and oxygen atoms in total. The second kappa shape index (κ2) is 8.80. The normalized spacial score (nSPS) is 11.0. The zero-order valence-corrected chi connectivity index (χ0v) is 16.2. The number of carbonyl (C=O) groups excluding carboxylic acids is 1. The minimum absolute atomic E-state index is 0.132. The van der Waals surface area contributed by atoms with Gasteiger partial charge in [-0.25, -0.2) is 4.98 Å². The van der Waals surface area contributed by atoms with Gasteiger partial charge in [0.1, 0.15) is 12.3 Å². The standard InChI is InChI=1S/C22H20N2O3S/c25-22(13-7-6-12-21-23-18-10-4-5-11-20(18)28-21)26-15-17-14-19(27-24-17)16-8-2-1-3-9-16/h1-5,8-11,14H,6-7,12-13,15H2. The maximum Gasteiger partial charge on any atom is 0.306 e. The molecule has 0 bridgehead atoms. The number of rotatable bonds is 8. The van der Waals surface area contributed by atoms with Crippen LogP contribution < -0.4 is 0 Å². The summed E-state index contributed by atoms with van der Waals surface area (Å²) in [7, 11) is 0. The van der Waals surface area contributed by atoms with E-state index < -0.39 is 0 Å². The lowest BCUT2D eigenvalue weighted by molar-refractivity contribution is -0.145. The van der Waals surface area contributed by atoms with E-state index >= 15 is 0 Å². The molecule has 2 aromatic carbocycles. The van der Waals surface area contributed by atoms with Crippen LogP contribution in [-0.2, 0) is 22.6 Å². The Morgan fingerprint density at radius 1 is 1.04 bits per heavy atom. The van der Waals surface area contributed by atoms with E-state index in [2.05, 4.69) is 16.2 Å². The fourth-order valence-electron chi connectivity index (χ4n) is 2.92. The Morgan fingerprint density at radius 3 is 2.71 bits per heavy atom. The molecule has 0 aliphatic rings. The topological polar surface area (TPSA) is 65.2 Å². The smallest absolute Gasteiger partial charge is 0.306 e. The van der Waals surface area contributed by atoms with E-state index in [1.165, 1.54) is 4.70 Å². The largest absolute Gasteiger partial charge is 0.459 e. The van der Waals surface area contributed by atoms with Crippen LogP contribution in [0.1, 0.15) is 30.0 Å². The summed E-state index contributed by atoms with van der Waals surface area (Å²) in [5.41, 5.74) is 2.61. The monoisotopic (exact) mass is 392 g/mol. The van der Waals surface area contributed by atoms with E-state index in [-0.39, 0.29) is 12.6 Å². The molecule has 0 aliphatic heterocycles. The van der Waals surface area contributed by atoms with E-state index in [1.807, 2.05) is 48.5 Å². The number of aromatic nitrogens is 2. The summed E-state index contributed by atoms with van der Waals surface area (Å²) in [6.45, 7) is 0.132. The molecule has 4 rings (SSSR count). The third kappa shape index (κ3) is 4.64. The van der Waals surface area contributed by atoms with Gasteiger partial charge in [0.15, 0.2) is 5.76 Å². The number of ether oxygens (including phenoxy) is 1. The van der Waals surface area contributed by atoms with Crippen molar-refractivity contribution in [1.29, 1.82) is 0 Å². The average Bonchev–Trinajstić information content (AvgIpc) is 3.37. The molecule has 0 fully saturated rings.